The molecule has 0 aliphatic heterocycles. The first kappa shape index (κ1) is 14.7. The van der Waals surface area contributed by atoms with E-state index in [2.05, 4.69) is 31.2 Å². The number of nitrogens with zero attached hydrogens (tertiary/aromatic N) is 2. The number of aromatic nitrogens is 2. The van der Waals surface area contributed by atoms with Crippen LogP contribution in [0.4, 0.5) is 4.39 Å². The van der Waals surface area contributed by atoms with Gasteiger partial charge in [0.25, 0.3) is 0 Å². The zero-order valence-corrected chi connectivity index (χ0v) is 12.4. The van der Waals surface area contributed by atoms with Gasteiger partial charge < -0.3 is 5.32 Å². The highest BCUT2D eigenvalue weighted by molar-refractivity contribution is 5.64. The second-order valence-corrected chi connectivity index (χ2v) is 4.85. The number of halogens is 1. The minimum absolute atomic E-state index is 0.207. The van der Waals surface area contributed by atoms with Gasteiger partial charge in [0.05, 0.1) is 11.4 Å². The fraction of sp³-hybridized carbons (Fsp3) is 0.438. The van der Waals surface area contributed by atoms with Crippen LogP contribution in [0.2, 0.25) is 0 Å². The predicted molar refractivity (Wildman–Crippen MR) is 80.3 cm³/mol. The van der Waals surface area contributed by atoms with Gasteiger partial charge in [-0.15, -0.1) is 0 Å². The van der Waals surface area contributed by atoms with Crippen LogP contribution in [0.25, 0.3) is 11.3 Å². The Morgan fingerprint density at radius 2 is 1.90 bits per heavy atom. The van der Waals surface area contributed by atoms with Crippen LogP contribution in [0.15, 0.2) is 24.3 Å². The predicted octanol–water partition coefficient (Wildman–Crippen LogP) is 3.17. The molecule has 1 aromatic carbocycles. The summed E-state index contributed by atoms with van der Waals surface area (Å²) in [4.78, 5) is 0. The summed E-state index contributed by atoms with van der Waals surface area (Å²) < 4.78 is 15.1. The van der Waals surface area contributed by atoms with Crippen LogP contribution in [0.5, 0.6) is 0 Å². The molecule has 4 heteroatoms. The van der Waals surface area contributed by atoms with Crippen LogP contribution in [-0.2, 0) is 13.0 Å². The monoisotopic (exact) mass is 275 g/mol. The first-order valence-corrected chi connectivity index (χ1v) is 7.20. The lowest BCUT2D eigenvalue weighted by molar-refractivity contribution is 0.627. The van der Waals surface area contributed by atoms with Gasteiger partial charge in [0.1, 0.15) is 5.82 Å². The summed E-state index contributed by atoms with van der Waals surface area (Å²) in [6.07, 6.45) is 0.918. The molecule has 0 fully saturated rings. The van der Waals surface area contributed by atoms with E-state index in [0.717, 1.165) is 43.0 Å². The molecule has 0 amide bonds. The van der Waals surface area contributed by atoms with Crippen molar-refractivity contribution in [1.82, 2.24) is 15.1 Å². The largest absolute Gasteiger partial charge is 0.317 e. The highest BCUT2D eigenvalue weighted by Gasteiger charge is 2.14. The summed E-state index contributed by atoms with van der Waals surface area (Å²) in [6, 6.07) is 6.64. The van der Waals surface area contributed by atoms with Gasteiger partial charge in [-0.05, 0) is 50.2 Å². The van der Waals surface area contributed by atoms with E-state index < -0.39 is 0 Å². The Balaban J connectivity index is 2.34. The first-order chi connectivity index (χ1) is 9.67. The smallest absolute Gasteiger partial charge is 0.123 e. The molecule has 3 nitrogen and oxygen atoms in total. The van der Waals surface area contributed by atoms with Crippen LogP contribution in [-0.4, -0.2) is 22.9 Å². The number of hydrogen-bond donors (Lipinski definition) is 1. The molecular formula is C16H22FN3. The van der Waals surface area contributed by atoms with Crippen LogP contribution in [0.1, 0.15) is 25.1 Å². The number of rotatable bonds is 6. The SMILES string of the molecule is CCNCCc1nn(CC)c(-c2ccc(F)cc2)c1C. The Morgan fingerprint density at radius 3 is 2.50 bits per heavy atom. The summed E-state index contributed by atoms with van der Waals surface area (Å²) in [7, 11) is 0. The van der Waals surface area contributed by atoms with Crippen molar-refractivity contribution in [2.45, 2.75) is 33.7 Å². The molecule has 0 spiro atoms. The van der Waals surface area contributed by atoms with E-state index in [1.807, 2.05) is 16.8 Å². The molecule has 108 valence electrons. The van der Waals surface area contributed by atoms with Gasteiger partial charge in [-0.25, -0.2) is 4.39 Å². The maximum atomic E-state index is 13.1. The molecule has 0 saturated heterocycles. The minimum Gasteiger partial charge on any atom is -0.317 e. The molecule has 2 aromatic rings. The van der Waals surface area contributed by atoms with Gasteiger partial charge >= 0.3 is 0 Å². The van der Waals surface area contributed by atoms with E-state index in [1.165, 1.54) is 17.7 Å². The summed E-state index contributed by atoms with van der Waals surface area (Å²) in [5, 5.41) is 8.00. The zero-order chi connectivity index (χ0) is 14.5. The zero-order valence-electron chi connectivity index (χ0n) is 12.4. The van der Waals surface area contributed by atoms with Gasteiger partial charge in [0.2, 0.25) is 0 Å². The molecular weight excluding hydrogens is 253 g/mol. The Kier molecular flexibility index (Phi) is 4.90. The lowest BCUT2D eigenvalue weighted by atomic mass is 10.1. The van der Waals surface area contributed by atoms with Crippen LogP contribution in [0, 0.1) is 12.7 Å². The van der Waals surface area contributed by atoms with Crippen molar-refractivity contribution in [3.63, 3.8) is 0 Å². The van der Waals surface area contributed by atoms with Gasteiger partial charge in [0, 0.05) is 25.1 Å². The normalized spacial score (nSPS) is 11.0. The third kappa shape index (κ3) is 3.07. The minimum atomic E-state index is -0.207. The Bertz CT molecular complexity index is 558. The van der Waals surface area contributed by atoms with E-state index in [4.69, 9.17) is 0 Å². The summed E-state index contributed by atoms with van der Waals surface area (Å²) in [6.45, 7) is 8.99. The molecule has 0 atom stereocenters. The highest BCUT2D eigenvalue weighted by Crippen LogP contribution is 2.26. The van der Waals surface area contributed by atoms with Gasteiger partial charge in [0.15, 0.2) is 0 Å². The fourth-order valence-electron chi connectivity index (χ4n) is 2.42. The fourth-order valence-corrected chi connectivity index (χ4v) is 2.42. The number of aryl methyl sites for hydroxylation is 1. The number of nitrogens with one attached hydrogen (secondary N) is 1. The maximum absolute atomic E-state index is 13.1. The van der Waals surface area contributed by atoms with Crippen LogP contribution in [0.3, 0.4) is 0 Å². The van der Waals surface area contributed by atoms with Crippen molar-refractivity contribution in [3.8, 4) is 11.3 Å². The Morgan fingerprint density at radius 1 is 1.20 bits per heavy atom. The summed E-state index contributed by atoms with van der Waals surface area (Å²) in [5.74, 6) is -0.207. The average Bonchev–Trinajstić information content (AvgIpc) is 2.77. The second-order valence-electron chi connectivity index (χ2n) is 4.85. The number of hydrogen-bond acceptors (Lipinski definition) is 2. The average molecular weight is 275 g/mol. The van der Waals surface area contributed by atoms with Gasteiger partial charge in [-0.2, -0.15) is 5.10 Å². The topological polar surface area (TPSA) is 29.9 Å². The summed E-state index contributed by atoms with van der Waals surface area (Å²) >= 11 is 0. The van der Waals surface area contributed by atoms with Crippen molar-refractivity contribution in [1.29, 1.82) is 0 Å². The van der Waals surface area contributed by atoms with Crippen molar-refractivity contribution in [2.75, 3.05) is 13.1 Å². The molecule has 0 radical (unpaired) electrons. The Hall–Kier alpha value is -1.68. The quantitative estimate of drug-likeness (QED) is 0.821. The maximum Gasteiger partial charge on any atom is 0.123 e. The van der Waals surface area contributed by atoms with Crippen LogP contribution >= 0.6 is 0 Å². The molecule has 0 saturated carbocycles. The van der Waals surface area contributed by atoms with E-state index in [-0.39, 0.29) is 5.82 Å². The van der Waals surface area contributed by atoms with Gasteiger partial charge in [-0.3, -0.25) is 4.68 Å². The third-order valence-corrected chi connectivity index (χ3v) is 3.49. The molecule has 1 heterocycles. The first-order valence-electron chi connectivity index (χ1n) is 7.20. The molecule has 0 aliphatic carbocycles. The third-order valence-electron chi connectivity index (χ3n) is 3.49. The molecule has 2 rings (SSSR count). The Labute approximate surface area is 119 Å². The second kappa shape index (κ2) is 6.66. The standard InChI is InChI=1S/C16H22FN3/c1-4-18-11-10-15-12(3)16(20(5-2)19-15)13-6-8-14(17)9-7-13/h6-9,18H,4-5,10-11H2,1-3H3. The molecule has 1 aromatic heterocycles. The number of likely N-dealkylation sites (N-methyl/N-ethyl adjacent to an activating group) is 1. The molecule has 0 bridgehead atoms. The van der Waals surface area contributed by atoms with Crippen molar-refractivity contribution in [3.05, 3.63) is 41.3 Å². The van der Waals surface area contributed by atoms with E-state index in [1.54, 1.807) is 0 Å². The molecule has 20 heavy (non-hydrogen) atoms. The van der Waals surface area contributed by atoms with E-state index >= 15 is 0 Å². The van der Waals surface area contributed by atoms with Crippen LogP contribution < -0.4 is 5.32 Å². The van der Waals surface area contributed by atoms with Crippen molar-refractivity contribution in [2.24, 2.45) is 0 Å². The van der Waals surface area contributed by atoms with Crippen molar-refractivity contribution < 1.29 is 4.39 Å². The molecule has 0 aliphatic rings. The summed E-state index contributed by atoms with van der Waals surface area (Å²) in [5.41, 5.74) is 4.43. The molecule has 1 N–H and O–H groups in total. The van der Waals surface area contributed by atoms with E-state index in [0.29, 0.717) is 0 Å². The van der Waals surface area contributed by atoms with Crippen molar-refractivity contribution >= 4 is 0 Å². The lowest BCUT2D eigenvalue weighted by Gasteiger charge is -2.06. The molecule has 0 unspecified atom stereocenters. The highest BCUT2D eigenvalue weighted by atomic mass is 19.1. The van der Waals surface area contributed by atoms with Gasteiger partial charge in [-0.1, -0.05) is 6.92 Å². The van der Waals surface area contributed by atoms with E-state index in [9.17, 15) is 4.39 Å². The number of benzene rings is 1. The lowest BCUT2D eigenvalue weighted by Crippen LogP contribution is -2.16.